The molecule has 5 heteroatoms. The summed E-state index contributed by atoms with van der Waals surface area (Å²) < 4.78 is 17.9. The molecule has 37 heavy (non-hydrogen) atoms. The first kappa shape index (κ1) is 33.7. The summed E-state index contributed by atoms with van der Waals surface area (Å²) in [6, 6.07) is 8.03. The van der Waals surface area contributed by atoms with E-state index in [9.17, 15) is 5.11 Å². The Kier molecular flexibility index (Phi) is 17.2. The summed E-state index contributed by atoms with van der Waals surface area (Å²) in [6.07, 6.45) is 12.7. The first-order valence-electron chi connectivity index (χ1n) is 14.6. The van der Waals surface area contributed by atoms with Crippen LogP contribution in [0.25, 0.3) is 0 Å². The van der Waals surface area contributed by atoms with Crippen molar-refractivity contribution in [3.63, 3.8) is 0 Å². The van der Waals surface area contributed by atoms with E-state index in [0.717, 1.165) is 56.4 Å². The number of rotatable bonds is 19. The van der Waals surface area contributed by atoms with Crippen molar-refractivity contribution in [1.82, 2.24) is 0 Å². The first-order valence-corrected chi connectivity index (χ1v) is 17.5. The Hall–Kier alpha value is -1.32. The lowest BCUT2D eigenvalue weighted by Crippen LogP contribution is -2.44. The minimum absolute atomic E-state index is 0.164. The molecule has 0 aliphatic heterocycles. The van der Waals surface area contributed by atoms with Crippen LogP contribution >= 0.6 is 0 Å². The highest BCUT2D eigenvalue weighted by Crippen LogP contribution is 2.38. The van der Waals surface area contributed by atoms with Gasteiger partial charge >= 0.3 is 0 Å². The fraction of sp³-hybridized carbons (Fsp3) is 0.750. The Labute approximate surface area is 230 Å². The molecule has 0 spiro atoms. The van der Waals surface area contributed by atoms with Gasteiger partial charge in [0.1, 0.15) is 11.9 Å². The third-order valence-electron chi connectivity index (χ3n) is 7.45. The van der Waals surface area contributed by atoms with Crippen LogP contribution in [0.5, 0.6) is 5.75 Å². The van der Waals surface area contributed by atoms with E-state index in [2.05, 4.69) is 52.6 Å². The molecule has 0 unspecified atom stereocenters. The summed E-state index contributed by atoms with van der Waals surface area (Å²) in [6.45, 7) is 15.1. The van der Waals surface area contributed by atoms with Crippen molar-refractivity contribution in [2.24, 2.45) is 0 Å². The minimum Gasteiger partial charge on any atom is -0.497 e. The first-order chi connectivity index (χ1) is 17.6. The van der Waals surface area contributed by atoms with Crippen molar-refractivity contribution in [3.05, 3.63) is 29.8 Å². The topological polar surface area (TPSA) is 47.9 Å². The Morgan fingerprint density at radius 2 is 1.57 bits per heavy atom. The van der Waals surface area contributed by atoms with E-state index in [1.165, 1.54) is 32.1 Å². The molecule has 0 saturated carbocycles. The second kappa shape index (κ2) is 18.8. The van der Waals surface area contributed by atoms with E-state index in [-0.39, 0.29) is 11.1 Å². The number of hydrogen-bond donors (Lipinski definition) is 1. The van der Waals surface area contributed by atoms with Crippen LogP contribution in [0.1, 0.15) is 110 Å². The van der Waals surface area contributed by atoms with Crippen LogP contribution in [0.4, 0.5) is 0 Å². The van der Waals surface area contributed by atoms with E-state index in [1.54, 1.807) is 7.11 Å². The van der Waals surface area contributed by atoms with Gasteiger partial charge < -0.3 is 19.0 Å². The monoisotopic (exact) mass is 532 g/mol. The average Bonchev–Trinajstić information content (AvgIpc) is 2.85. The van der Waals surface area contributed by atoms with Crippen LogP contribution in [0.2, 0.25) is 18.1 Å². The summed E-state index contributed by atoms with van der Waals surface area (Å²) in [4.78, 5) is 0. The van der Waals surface area contributed by atoms with Crippen LogP contribution in [0.15, 0.2) is 24.3 Å². The fourth-order valence-electron chi connectivity index (χ4n) is 3.94. The summed E-state index contributed by atoms with van der Waals surface area (Å²) in [5.41, 5.74) is 1.16. The molecule has 4 nitrogen and oxygen atoms in total. The quantitative estimate of drug-likeness (QED) is 0.110. The molecule has 1 aromatic rings. The zero-order chi connectivity index (χ0) is 27.6. The molecule has 2 atom stereocenters. The van der Waals surface area contributed by atoms with Crippen LogP contribution in [-0.4, -0.2) is 39.3 Å². The highest BCUT2D eigenvalue weighted by Gasteiger charge is 2.39. The number of hydrogen-bond acceptors (Lipinski definition) is 4. The highest BCUT2D eigenvalue weighted by molar-refractivity contribution is 6.74. The van der Waals surface area contributed by atoms with Gasteiger partial charge in [-0.15, -0.1) is 5.92 Å². The Balaban J connectivity index is 2.42. The van der Waals surface area contributed by atoms with Gasteiger partial charge in [-0.25, -0.2) is 0 Å². The van der Waals surface area contributed by atoms with Crippen LogP contribution in [0.3, 0.4) is 0 Å². The molecule has 1 aromatic carbocycles. The number of aliphatic hydroxyl groups excluding tert-OH is 1. The highest BCUT2D eigenvalue weighted by atomic mass is 28.4. The molecular weight excluding hydrogens is 476 g/mol. The predicted octanol–water partition coefficient (Wildman–Crippen LogP) is 8.67. The lowest BCUT2D eigenvalue weighted by atomic mass is 10.0. The number of ether oxygens (including phenoxy) is 2. The average molecular weight is 533 g/mol. The van der Waals surface area contributed by atoms with Crippen molar-refractivity contribution in [1.29, 1.82) is 0 Å². The number of methoxy groups -OCH3 is 1. The van der Waals surface area contributed by atoms with Gasteiger partial charge in [0.2, 0.25) is 0 Å². The summed E-state index contributed by atoms with van der Waals surface area (Å²) in [5.74, 6) is 7.14. The lowest BCUT2D eigenvalue weighted by Gasteiger charge is -2.39. The molecular formula is C32H56O4Si. The summed E-state index contributed by atoms with van der Waals surface area (Å²) >= 11 is 0. The second-order valence-corrected chi connectivity index (χ2v) is 16.6. The maximum atomic E-state index is 10.5. The molecule has 0 aliphatic carbocycles. The van der Waals surface area contributed by atoms with Gasteiger partial charge in [0, 0.05) is 19.1 Å². The molecule has 1 rings (SSSR count). The Morgan fingerprint density at radius 1 is 0.892 bits per heavy atom. The number of benzene rings is 1. The second-order valence-electron chi connectivity index (χ2n) is 11.8. The van der Waals surface area contributed by atoms with Gasteiger partial charge in [0.25, 0.3) is 0 Å². The van der Waals surface area contributed by atoms with Crippen molar-refractivity contribution < 1.29 is 19.0 Å². The zero-order valence-electron chi connectivity index (χ0n) is 25.0. The smallest absolute Gasteiger partial charge is 0.192 e. The molecule has 0 heterocycles. The van der Waals surface area contributed by atoms with Gasteiger partial charge in [-0.2, -0.15) is 0 Å². The summed E-state index contributed by atoms with van der Waals surface area (Å²) in [5, 5.41) is 10.6. The lowest BCUT2D eigenvalue weighted by molar-refractivity contribution is 0.105. The Morgan fingerprint density at radius 3 is 2.22 bits per heavy atom. The Bertz CT molecular complexity index is 758. The molecule has 0 aromatic heterocycles. The van der Waals surface area contributed by atoms with E-state index < -0.39 is 14.4 Å². The third kappa shape index (κ3) is 15.6. The van der Waals surface area contributed by atoms with Crippen molar-refractivity contribution in [2.75, 3.05) is 13.7 Å². The van der Waals surface area contributed by atoms with E-state index in [0.29, 0.717) is 13.0 Å². The molecule has 212 valence electrons. The van der Waals surface area contributed by atoms with Crippen molar-refractivity contribution in [3.8, 4) is 17.6 Å². The van der Waals surface area contributed by atoms with Crippen molar-refractivity contribution >= 4 is 8.32 Å². The van der Waals surface area contributed by atoms with Gasteiger partial charge in [-0.1, -0.05) is 77.9 Å². The van der Waals surface area contributed by atoms with Gasteiger partial charge in [0.05, 0.1) is 13.7 Å². The molecule has 0 aliphatic rings. The standard InChI is InChI=1S/C32H56O4Si/c1-8-9-10-11-12-13-14-15-18-29(33)22-25-31(36-37(6,7)32(2,3)4)19-16-17-26-35-27-28-20-23-30(34-5)24-21-28/h20-21,23-24,29,31,33H,8-14,16-17,19,22,25-27H2,1-7H3/t29-,31-/m0/s1. The van der Waals surface area contributed by atoms with E-state index in [4.69, 9.17) is 13.9 Å². The zero-order valence-corrected chi connectivity index (χ0v) is 26.0. The normalized spacial score (nSPS) is 13.6. The minimum atomic E-state index is -1.88. The summed E-state index contributed by atoms with van der Waals surface area (Å²) in [7, 11) is -0.197. The van der Waals surface area contributed by atoms with E-state index >= 15 is 0 Å². The molecule has 1 N–H and O–H groups in total. The molecule has 0 saturated heterocycles. The predicted molar refractivity (Wildman–Crippen MR) is 160 cm³/mol. The van der Waals surface area contributed by atoms with E-state index in [1.807, 2.05) is 24.3 Å². The SMILES string of the molecule is CCCCCCCCC#C[C@H](O)CC[C@H](CCCCOCc1ccc(OC)cc1)O[Si](C)(C)C(C)(C)C. The molecule has 0 radical (unpaired) electrons. The van der Waals surface area contributed by atoms with Gasteiger partial charge in [-0.3, -0.25) is 0 Å². The fourth-order valence-corrected chi connectivity index (χ4v) is 5.37. The number of unbranched alkanes of at least 4 members (excludes halogenated alkanes) is 7. The van der Waals surface area contributed by atoms with Crippen LogP contribution in [0, 0.1) is 11.8 Å². The van der Waals surface area contributed by atoms with Gasteiger partial charge in [-0.05, 0) is 74.4 Å². The van der Waals surface area contributed by atoms with Gasteiger partial charge in [0.15, 0.2) is 8.32 Å². The van der Waals surface area contributed by atoms with Crippen molar-refractivity contribution in [2.45, 2.75) is 142 Å². The molecule has 0 bridgehead atoms. The maximum Gasteiger partial charge on any atom is 0.192 e. The van der Waals surface area contributed by atoms with Crippen LogP contribution in [-0.2, 0) is 15.8 Å². The molecule has 0 fully saturated rings. The number of aliphatic hydroxyl groups is 1. The maximum absolute atomic E-state index is 10.5. The third-order valence-corrected chi connectivity index (χ3v) is 12.0. The van der Waals surface area contributed by atoms with Crippen LogP contribution < -0.4 is 4.74 Å². The molecule has 0 amide bonds. The largest absolute Gasteiger partial charge is 0.497 e.